The first kappa shape index (κ1) is 57.0. The molecule has 0 unspecified atom stereocenters. The van der Waals surface area contributed by atoms with Crippen LogP contribution in [0.25, 0.3) is 0 Å². The van der Waals surface area contributed by atoms with Crippen LogP contribution in [-0.4, -0.2) is 166 Å². The van der Waals surface area contributed by atoms with Crippen molar-refractivity contribution in [1.82, 2.24) is 0 Å². The van der Waals surface area contributed by atoms with Crippen molar-refractivity contribution in [2.75, 3.05) is 70.6 Å². The van der Waals surface area contributed by atoms with Crippen molar-refractivity contribution in [3.05, 3.63) is 47.6 Å². The molecule has 4 fully saturated rings. The smallest absolute Gasteiger partial charge is 0.186 e. The highest BCUT2D eigenvalue weighted by Gasteiger charge is 2.52. The first-order valence-corrected chi connectivity index (χ1v) is 24.4. The molecule has 2 saturated carbocycles. The van der Waals surface area contributed by atoms with Crippen LogP contribution >= 0.6 is 0 Å². The number of allylic oxidation sites excluding steroid dienone is 4. The van der Waals surface area contributed by atoms with E-state index in [1.807, 2.05) is 38.2 Å². The fourth-order valence-electron chi connectivity index (χ4n) is 11.1. The fraction of sp³-hybridized carbons (Fsp3) is 0.846. The fourth-order valence-corrected chi connectivity index (χ4v) is 11.1. The molecule has 4 aliphatic rings. The Morgan fingerprint density at radius 2 is 1.14 bits per heavy atom. The van der Waals surface area contributed by atoms with Crippen molar-refractivity contribution in [3.8, 4) is 0 Å². The minimum absolute atomic E-state index is 0.00826. The van der Waals surface area contributed by atoms with Crippen LogP contribution in [0, 0.1) is 41.4 Å². The number of aliphatic hydroxyl groups excluding tert-OH is 1. The van der Waals surface area contributed by atoms with Crippen LogP contribution in [0.15, 0.2) is 47.6 Å². The highest BCUT2D eigenvalue weighted by molar-refractivity contribution is 5.21. The Bertz CT molecular complexity index is 1530. The molecule has 4 rings (SSSR count). The molecule has 0 aromatic carbocycles. The Balaban J connectivity index is 1.30. The van der Waals surface area contributed by atoms with Crippen LogP contribution in [0.4, 0.5) is 0 Å². The number of ether oxygens (including phenoxy) is 12. The van der Waals surface area contributed by atoms with Crippen molar-refractivity contribution in [3.63, 3.8) is 0 Å². The van der Waals surface area contributed by atoms with Gasteiger partial charge in [-0.25, -0.2) is 0 Å². The van der Waals surface area contributed by atoms with Crippen LogP contribution in [0.1, 0.15) is 87.0 Å². The van der Waals surface area contributed by atoms with Crippen LogP contribution in [-0.2, 0) is 56.8 Å². The van der Waals surface area contributed by atoms with Crippen LogP contribution in [0.3, 0.4) is 0 Å². The Hall–Kier alpha value is -1.60. The summed E-state index contributed by atoms with van der Waals surface area (Å²) in [6.45, 7) is 15.2. The van der Waals surface area contributed by atoms with Gasteiger partial charge < -0.3 is 67.1 Å². The first-order valence-electron chi connectivity index (χ1n) is 24.4. The lowest BCUT2D eigenvalue weighted by Crippen LogP contribution is -2.60. The number of methoxy groups -OCH3 is 9. The average Bonchev–Trinajstić information content (AvgIpc) is 4.12. The second-order valence-electron chi connectivity index (χ2n) is 19.5. The molecule has 382 valence electrons. The molecule has 0 aromatic rings. The highest BCUT2D eigenvalue weighted by Crippen LogP contribution is 2.50. The van der Waals surface area contributed by atoms with Crippen molar-refractivity contribution in [2.45, 2.75) is 172 Å². The zero-order valence-electron chi connectivity index (χ0n) is 43.3. The second-order valence-corrected chi connectivity index (χ2v) is 19.5. The van der Waals surface area contributed by atoms with Crippen molar-refractivity contribution in [2.24, 2.45) is 41.4 Å². The summed E-state index contributed by atoms with van der Waals surface area (Å²) in [5.41, 5.74) is 1.19. The van der Waals surface area contributed by atoms with Gasteiger partial charge in [-0.3, -0.25) is 0 Å². The third-order valence-electron chi connectivity index (χ3n) is 15.7. The third kappa shape index (κ3) is 13.6. The van der Waals surface area contributed by atoms with Gasteiger partial charge in [0.15, 0.2) is 12.6 Å². The molecular formula is C52H90O14. The zero-order chi connectivity index (χ0) is 48.9. The van der Waals surface area contributed by atoms with E-state index in [0.717, 1.165) is 49.7 Å². The molecule has 2 heterocycles. The Labute approximate surface area is 398 Å². The highest BCUT2D eigenvalue weighted by atomic mass is 16.7. The first-order chi connectivity index (χ1) is 31.6. The van der Waals surface area contributed by atoms with Gasteiger partial charge in [0.2, 0.25) is 0 Å². The normalized spacial score (nSPS) is 37.6. The largest absolute Gasteiger partial charge is 0.392 e. The lowest BCUT2D eigenvalue weighted by atomic mass is 9.60. The summed E-state index contributed by atoms with van der Waals surface area (Å²) in [7, 11) is 14.9. The van der Waals surface area contributed by atoms with E-state index in [1.165, 1.54) is 0 Å². The Morgan fingerprint density at radius 1 is 0.636 bits per heavy atom. The van der Waals surface area contributed by atoms with Crippen molar-refractivity contribution in [1.29, 1.82) is 0 Å². The lowest BCUT2D eigenvalue weighted by molar-refractivity contribution is -0.298. The van der Waals surface area contributed by atoms with Gasteiger partial charge in [0.05, 0.1) is 23.9 Å². The van der Waals surface area contributed by atoms with Crippen molar-refractivity contribution >= 4 is 0 Å². The maximum atomic E-state index is 11.5. The summed E-state index contributed by atoms with van der Waals surface area (Å²) in [4.78, 5) is 0. The number of rotatable bonds is 28. The van der Waals surface area contributed by atoms with Gasteiger partial charge in [0.25, 0.3) is 0 Å². The molecular weight excluding hydrogens is 849 g/mol. The predicted octanol–water partition coefficient (Wildman–Crippen LogP) is 7.10. The quantitative estimate of drug-likeness (QED) is 0.0607. The van der Waals surface area contributed by atoms with E-state index < -0.39 is 60.9 Å². The number of aliphatic hydroxyl groups is 2. The molecule has 14 nitrogen and oxygen atoms in total. The summed E-state index contributed by atoms with van der Waals surface area (Å²) in [6, 6.07) is 0. The summed E-state index contributed by atoms with van der Waals surface area (Å²) < 4.78 is 71.7. The van der Waals surface area contributed by atoms with Crippen LogP contribution in [0.5, 0.6) is 0 Å². The Kier molecular flexibility index (Phi) is 23.4. The monoisotopic (exact) mass is 939 g/mol. The molecule has 14 heteroatoms. The molecule has 2 aliphatic heterocycles. The van der Waals surface area contributed by atoms with Gasteiger partial charge >= 0.3 is 0 Å². The van der Waals surface area contributed by atoms with Crippen LogP contribution in [0.2, 0.25) is 0 Å². The second kappa shape index (κ2) is 27.1. The van der Waals surface area contributed by atoms with E-state index in [1.54, 1.807) is 64.0 Å². The van der Waals surface area contributed by atoms with Gasteiger partial charge in [-0.05, 0) is 93.1 Å². The maximum absolute atomic E-state index is 11.5. The molecule has 19 atom stereocenters. The molecule has 2 N–H and O–H groups in total. The van der Waals surface area contributed by atoms with Gasteiger partial charge in [-0.1, -0.05) is 71.1 Å². The molecule has 0 spiro atoms. The zero-order valence-corrected chi connectivity index (χ0v) is 43.3. The van der Waals surface area contributed by atoms with Gasteiger partial charge in [0, 0.05) is 82.4 Å². The SMILES string of the molecule is CC[C@H](OC)[C@@H](C)[C@H]1C[C@@](O)([C@@H](C)/C=C/C=C(\C)[C@H]2O[C@H](OC)[C@H](OC)[C@@H](OCCC[C@H](OC)[C@@H](C)[C@@H]3C[C@H]3[C@H](O)[C@@H](C)/C=C/C=C(\C)[C@H]3O[C@@H](OC)[C@H](OC)[C@@H](OC)[C@@H]3OC)[C@@H]2OC)C1. The van der Waals surface area contributed by atoms with E-state index in [-0.39, 0.29) is 48.1 Å². The molecule has 66 heavy (non-hydrogen) atoms. The molecule has 2 aliphatic carbocycles. The van der Waals surface area contributed by atoms with E-state index >= 15 is 0 Å². The van der Waals surface area contributed by atoms with Gasteiger partial charge in [0.1, 0.15) is 48.8 Å². The van der Waals surface area contributed by atoms with Crippen molar-refractivity contribution < 1.29 is 67.1 Å². The van der Waals surface area contributed by atoms with E-state index in [9.17, 15) is 10.2 Å². The average molecular weight is 939 g/mol. The predicted molar refractivity (Wildman–Crippen MR) is 254 cm³/mol. The minimum Gasteiger partial charge on any atom is -0.392 e. The third-order valence-corrected chi connectivity index (χ3v) is 15.7. The van der Waals surface area contributed by atoms with Gasteiger partial charge in [-0.2, -0.15) is 0 Å². The minimum atomic E-state index is -0.720. The van der Waals surface area contributed by atoms with E-state index in [4.69, 9.17) is 56.8 Å². The lowest BCUT2D eigenvalue weighted by Gasteiger charge is -2.50. The molecule has 0 bridgehead atoms. The Morgan fingerprint density at radius 3 is 1.62 bits per heavy atom. The van der Waals surface area contributed by atoms with Gasteiger partial charge in [-0.15, -0.1) is 0 Å². The summed E-state index contributed by atoms with van der Waals surface area (Å²) in [5, 5.41) is 22.9. The summed E-state index contributed by atoms with van der Waals surface area (Å²) in [6.07, 6.45) is 12.2. The standard InChI is InChI=1S/C52H90O14/c1-17-39(55-8)34(6)36-28-52(54,29-36)33(5)24-19-23-32(4)43-45(58-11)47(49(61-14)51(63-16)66-43)64-26-20-25-40(56-9)35(7)37-27-38(37)41(53)30(2)21-18-22-31(3)42-44(57-10)46(59-12)48(60-13)50(62-15)65-42/h18-19,21-24,30,33-51,53-54H,17,20,25-29H2,1-16H3/b21-18+,24-19+,31-22+,32-23+/t30-,33-,34-,35-,36-,37-,38+,39-,40-,41+,42+,43+,44+,45+,46-,47-,48+,49+,50+,51-,52-/m0/s1. The molecule has 0 radical (unpaired) electrons. The molecule has 2 saturated heterocycles. The van der Waals surface area contributed by atoms with E-state index in [0.29, 0.717) is 24.4 Å². The topological polar surface area (TPSA) is 151 Å². The van der Waals surface area contributed by atoms with Crippen LogP contribution < -0.4 is 0 Å². The number of hydrogen-bond donors (Lipinski definition) is 2. The summed E-state index contributed by atoms with van der Waals surface area (Å²) in [5.74, 6) is 1.61. The van der Waals surface area contributed by atoms with E-state index in [2.05, 4.69) is 46.8 Å². The molecule has 0 amide bonds. The molecule has 0 aromatic heterocycles. The number of hydrogen-bond acceptors (Lipinski definition) is 14. The maximum Gasteiger partial charge on any atom is 0.186 e. The summed E-state index contributed by atoms with van der Waals surface area (Å²) >= 11 is 0.